The normalized spacial score (nSPS) is 11.7. The summed E-state index contributed by atoms with van der Waals surface area (Å²) >= 11 is 1.54. The summed E-state index contributed by atoms with van der Waals surface area (Å²) in [6, 6.07) is 0. The molecule has 0 amide bonds. The molecule has 0 aromatic rings. The van der Waals surface area contributed by atoms with E-state index in [0.29, 0.717) is 44.3 Å². The highest BCUT2D eigenvalue weighted by Crippen LogP contribution is 2.26. The lowest BCUT2D eigenvalue weighted by Gasteiger charge is -2.16. The first-order chi connectivity index (χ1) is 23.0. The zero-order valence-electron chi connectivity index (χ0n) is 30.8. The lowest BCUT2D eigenvalue weighted by atomic mass is 10.0. The Morgan fingerprint density at radius 2 is 0.979 bits per heavy atom. The van der Waals surface area contributed by atoms with Crippen molar-refractivity contribution >= 4 is 28.8 Å². The van der Waals surface area contributed by atoms with E-state index in [1.807, 2.05) is 12.2 Å². The van der Waals surface area contributed by atoms with Gasteiger partial charge in [-0.3, -0.25) is 14.4 Å². The zero-order valence-corrected chi connectivity index (χ0v) is 31.6. The van der Waals surface area contributed by atoms with E-state index < -0.39 is 0 Å². The van der Waals surface area contributed by atoms with Crippen molar-refractivity contribution in [3.8, 4) is 0 Å². The Morgan fingerprint density at radius 3 is 1.45 bits per heavy atom. The largest absolute Gasteiger partial charge is 0.461 e. The van der Waals surface area contributed by atoms with Gasteiger partial charge in [-0.15, -0.1) is 0 Å². The summed E-state index contributed by atoms with van der Waals surface area (Å²) < 4.78 is 15.8. The molecule has 47 heavy (non-hydrogen) atoms. The van der Waals surface area contributed by atoms with Crippen molar-refractivity contribution in [2.45, 2.75) is 186 Å². The topological polar surface area (TPSA) is 78.9 Å². The summed E-state index contributed by atoms with van der Waals surface area (Å²) in [5, 5.41) is 0.649. The molecule has 0 radical (unpaired) electrons. The molecule has 7 heteroatoms. The number of ether oxygens (including phenoxy) is 3. The number of methoxy groups -OCH3 is 1. The van der Waals surface area contributed by atoms with Crippen LogP contribution in [0.15, 0.2) is 24.3 Å². The van der Waals surface area contributed by atoms with Crippen LogP contribution in [0, 0.1) is 0 Å². The maximum absolute atomic E-state index is 12.5. The Hall–Kier alpha value is -1.60. The highest BCUT2D eigenvalue weighted by molar-refractivity contribution is 8.14. The number of unbranched alkanes of at least 4 members (excludes halogenated alkanes) is 16. The predicted octanol–water partition coefficient (Wildman–Crippen LogP) is 11.6. The van der Waals surface area contributed by atoms with Crippen molar-refractivity contribution in [2.24, 2.45) is 0 Å². The minimum atomic E-state index is -0.0970. The van der Waals surface area contributed by atoms with Crippen molar-refractivity contribution in [1.29, 1.82) is 0 Å². The number of hydrogen-bond acceptors (Lipinski definition) is 7. The van der Waals surface area contributed by atoms with E-state index in [-0.39, 0.29) is 17.1 Å². The smallest absolute Gasteiger partial charge is 0.306 e. The van der Waals surface area contributed by atoms with Crippen LogP contribution in [0.5, 0.6) is 0 Å². The van der Waals surface area contributed by atoms with Gasteiger partial charge in [-0.1, -0.05) is 140 Å². The second-order valence-corrected chi connectivity index (χ2v) is 14.2. The molecule has 0 saturated heterocycles. The van der Waals surface area contributed by atoms with E-state index in [9.17, 15) is 14.4 Å². The molecule has 0 aliphatic heterocycles. The first-order valence-electron chi connectivity index (χ1n) is 19.3. The molecule has 6 nitrogen and oxygen atoms in total. The second kappa shape index (κ2) is 37.2. The van der Waals surface area contributed by atoms with Crippen molar-refractivity contribution < 1.29 is 28.6 Å². The van der Waals surface area contributed by atoms with Crippen LogP contribution in [0.1, 0.15) is 181 Å². The maximum atomic E-state index is 12.5. The Kier molecular flexibility index (Phi) is 36.0. The predicted molar refractivity (Wildman–Crippen MR) is 200 cm³/mol. The van der Waals surface area contributed by atoms with Crippen LogP contribution in [-0.2, 0) is 28.6 Å². The number of esters is 2. The van der Waals surface area contributed by atoms with Gasteiger partial charge in [-0.25, -0.2) is 0 Å². The van der Waals surface area contributed by atoms with E-state index >= 15 is 0 Å². The van der Waals surface area contributed by atoms with Gasteiger partial charge in [0.1, 0.15) is 13.2 Å². The Morgan fingerprint density at radius 1 is 0.532 bits per heavy atom. The van der Waals surface area contributed by atoms with E-state index in [0.717, 1.165) is 96.3 Å². The van der Waals surface area contributed by atoms with Crippen molar-refractivity contribution in [3.63, 3.8) is 0 Å². The minimum Gasteiger partial charge on any atom is -0.461 e. The van der Waals surface area contributed by atoms with Gasteiger partial charge in [-0.05, 0) is 57.8 Å². The van der Waals surface area contributed by atoms with Crippen LogP contribution >= 0.6 is 11.8 Å². The average Bonchev–Trinajstić information content (AvgIpc) is 3.06. The average molecular weight is 681 g/mol. The zero-order chi connectivity index (χ0) is 34.5. The van der Waals surface area contributed by atoms with Gasteiger partial charge in [0.15, 0.2) is 5.12 Å². The Balaban J connectivity index is 4.04. The van der Waals surface area contributed by atoms with Gasteiger partial charge >= 0.3 is 11.9 Å². The van der Waals surface area contributed by atoms with Crippen LogP contribution in [0.4, 0.5) is 0 Å². The first kappa shape index (κ1) is 45.4. The van der Waals surface area contributed by atoms with Gasteiger partial charge in [0, 0.05) is 38.2 Å². The molecular formula is C40H72O6S. The molecule has 274 valence electrons. The summed E-state index contributed by atoms with van der Waals surface area (Å²) in [5.74, 6) is -0.194. The van der Waals surface area contributed by atoms with E-state index in [1.54, 1.807) is 18.9 Å². The molecule has 0 bridgehead atoms. The van der Waals surface area contributed by atoms with E-state index in [1.165, 1.54) is 51.4 Å². The van der Waals surface area contributed by atoms with Gasteiger partial charge in [0.25, 0.3) is 0 Å². The maximum Gasteiger partial charge on any atom is 0.306 e. The summed E-state index contributed by atoms with van der Waals surface area (Å²) in [4.78, 5) is 36.5. The molecule has 0 heterocycles. The summed E-state index contributed by atoms with van der Waals surface area (Å²) in [6.07, 6.45) is 35.4. The molecular weight excluding hydrogens is 609 g/mol. The van der Waals surface area contributed by atoms with Crippen molar-refractivity contribution in [2.75, 3.05) is 26.9 Å². The van der Waals surface area contributed by atoms with Crippen LogP contribution in [0.3, 0.4) is 0 Å². The highest BCUT2D eigenvalue weighted by Gasteiger charge is 2.14. The van der Waals surface area contributed by atoms with Crippen LogP contribution < -0.4 is 0 Å². The fourth-order valence-corrected chi connectivity index (χ4v) is 6.59. The molecule has 0 atom stereocenters. The Labute approximate surface area is 294 Å². The molecule has 0 N–H and O–H groups in total. The highest BCUT2D eigenvalue weighted by atomic mass is 32.2. The Bertz CT molecular complexity index is 729. The minimum absolute atomic E-state index is 0.0970. The molecule has 0 aromatic heterocycles. The molecule has 0 saturated carbocycles. The van der Waals surface area contributed by atoms with Crippen molar-refractivity contribution in [3.05, 3.63) is 24.3 Å². The summed E-state index contributed by atoms with van der Waals surface area (Å²) in [5.41, 5.74) is 0. The number of rotatable bonds is 35. The summed E-state index contributed by atoms with van der Waals surface area (Å²) in [6.45, 7) is 5.84. The lowest BCUT2D eigenvalue weighted by molar-refractivity contribution is -0.143. The third-order valence-corrected chi connectivity index (χ3v) is 9.58. The molecule has 0 aliphatic rings. The molecule has 0 aromatic carbocycles. The lowest BCUT2D eigenvalue weighted by Crippen LogP contribution is -2.08. The number of carbonyl (C=O) groups excluding carboxylic acids is 3. The number of carbonyl (C=O) groups is 3. The second-order valence-electron chi connectivity index (χ2n) is 12.8. The third-order valence-electron chi connectivity index (χ3n) is 8.30. The van der Waals surface area contributed by atoms with Gasteiger partial charge < -0.3 is 14.2 Å². The molecule has 0 unspecified atom stereocenters. The monoisotopic (exact) mass is 681 g/mol. The van der Waals surface area contributed by atoms with Gasteiger partial charge in [-0.2, -0.15) is 0 Å². The number of thioether (sulfide) groups is 1. The fraction of sp³-hybridized carbons (Fsp3) is 0.825. The van der Waals surface area contributed by atoms with E-state index in [2.05, 4.69) is 26.0 Å². The molecule has 0 spiro atoms. The van der Waals surface area contributed by atoms with Crippen LogP contribution in [0.25, 0.3) is 0 Å². The van der Waals surface area contributed by atoms with Crippen molar-refractivity contribution in [1.82, 2.24) is 0 Å². The molecule has 0 fully saturated rings. The number of hydrogen-bond donors (Lipinski definition) is 0. The number of allylic oxidation sites excluding steroid dienone is 2. The fourth-order valence-electron chi connectivity index (χ4n) is 5.39. The molecule has 0 rings (SSSR count). The quantitative estimate of drug-likeness (QED) is 0.0374. The SMILES string of the molecule is CCCCCC/C=C/COC(=O)CCCCCCCC(CCCCCCCC(=O)OC/C=C/CCCCCC)SC(=O)CCCOC. The van der Waals surface area contributed by atoms with Crippen LogP contribution in [0.2, 0.25) is 0 Å². The van der Waals surface area contributed by atoms with Gasteiger partial charge in [0.05, 0.1) is 0 Å². The third kappa shape index (κ3) is 35.5. The van der Waals surface area contributed by atoms with E-state index in [4.69, 9.17) is 14.2 Å². The van der Waals surface area contributed by atoms with Gasteiger partial charge in [0.2, 0.25) is 0 Å². The first-order valence-corrected chi connectivity index (χ1v) is 20.2. The summed E-state index contributed by atoms with van der Waals surface area (Å²) in [7, 11) is 1.68. The standard InChI is InChI=1S/C40H72O6S/c1-4-6-8-10-12-20-26-35-45-38(41)31-24-18-14-16-22-29-37(47-40(43)33-28-34-44-3)30-23-17-15-19-25-32-39(42)46-36-27-21-13-11-9-7-5-2/h20-21,26-27,37H,4-19,22-25,28-36H2,1-3H3/b26-20+,27-21+. The van der Waals surface area contributed by atoms with Crippen LogP contribution in [-0.4, -0.2) is 49.2 Å². The molecule has 0 aliphatic carbocycles.